The zero-order chi connectivity index (χ0) is 15.4. The largest absolute Gasteiger partial charge is 0.491 e. The molecule has 0 unspecified atom stereocenters. The lowest BCUT2D eigenvalue weighted by Gasteiger charge is -2.35. The number of para-hydroxylation sites is 1. The van der Waals surface area contributed by atoms with Crippen molar-refractivity contribution in [2.24, 2.45) is 0 Å². The zero-order valence-electron chi connectivity index (χ0n) is 13.1. The second-order valence-electron chi connectivity index (χ2n) is 5.61. The van der Waals surface area contributed by atoms with Gasteiger partial charge in [-0.2, -0.15) is 0 Å². The first kappa shape index (κ1) is 15.6. The Bertz CT molecular complexity index is 496. The zero-order valence-corrected chi connectivity index (χ0v) is 13.1. The van der Waals surface area contributed by atoms with Crippen LogP contribution in [0.4, 0.5) is 5.69 Å². The molecule has 1 aromatic rings. The normalized spacial score (nSPS) is 16.7. The van der Waals surface area contributed by atoms with E-state index in [2.05, 4.69) is 11.9 Å². The van der Waals surface area contributed by atoms with Crippen LogP contribution in [0.15, 0.2) is 18.2 Å². The van der Waals surface area contributed by atoms with Crippen molar-refractivity contribution in [3.05, 3.63) is 23.8 Å². The summed E-state index contributed by atoms with van der Waals surface area (Å²) >= 11 is 0. The molecular formula is C16H25N3O2. The summed E-state index contributed by atoms with van der Waals surface area (Å²) in [6.45, 7) is 4.43. The van der Waals surface area contributed by atoms with E-state index in [0.29, 0.717) is 23.6 Å². The standard InChI is InChI=1S/C16H25N3O2/c1-4-21-15-13(6-5-7-14(15)17)16(20)19(3)12-8-10-18(2)11-9-12/h5-7,12H,4,8-11,17H2,1-3H3. The molecule has 1 amide bonds. The molecule has 1 aliphatic heterocycles. The van der Waals surface area contributed by atoms with Crippen molar-refractivity contribution in [1.82, 2.24) is 9.80 Å². The molecule has 0 atom stereocenters. The summed E-state index contributed by atoms with van der Waals surface area (Å²) in [6.07, 6.45) is 2.01. The van der Waals surface area contributed by atoms with Gasteiger partial charge in [-0.05, 0) is 52.0 Å². The molecule has 1 aliphatic rings. The number of likely N-dealkylation sites (tertiary alicyclic amines) is 1. The van der Waals surface area contributed by atoms with Crippen molar-refractivity contribution in [1.29, 1.82) is 0 Å². The van der Waals surface area contributed by atoms with E-state index in [-0.39, 0.29) is 11.9 Å². The lowest BCUT2D eigenvalue weighted by Crippen LogP contribution is -2.44. The molecule has 21 heavy (non-hydrogen) atoms. The van der Waals surface area contributed by atoms with Gasteiger partial charge in [0, 0.05) is 13.1 Å². The van der Waals surface area contributed by atoms with Gasteiger partial charge < -0.3 is 20.3 Å². The lowest BCUT2D eigenvalue weighted by atomic mass is 10.0. The maximum atomic E-state index is 12.8. The van der Waals surface area contributed by atoms with Crippen molar-refractivity contribution in [2.45, 2.75) is 25.8 Å². The van der Waals surface area contributed by atoms with Gasteiger partial charge in [-0.25, -0.2) is 0 Å². The quantitative estimate of drug-likeness (QED) is 0.860. The van der Waals surface area contributed by atoms with Gasteiger partial charge in [-0.3, -0.25) is 4.79 Å². The smallest absolute Gasteiger partial charge is 0.257 e. The van der Waals surface area contributed by atoms with E-state index in [1.54, 1.807) is 18.2 Å². The number of anilines is 1. The van der Waals surface area contributed by atoms with Gasteiger partial charge in [-0.15, -0.1) is 0 Å². The Morgan fingerprint density at radius 1 is 1.43 bits per heavy atom. The van der Waals surface area contributed by atoms with Gasteiger partial charge >= 0.3 is 0 Å². The highest BCUT2D eigenvalue weighted by atomic mass is 16.5. The molecule has 0 aliphatic carbocycles. The SMILES string of the molecule is CCOc1c(N)cccc1C(=O)N(C)C1CCN(C)CC1. The summed E-state index contributed by atoms with van der Waals surface area (Å²) in [4.78, 5) is 16.9. The molecule has 0 aromatic heterocycles. The molecule has 0 saturated carbocycles. The van der Waals surface area contributed by atoms with Crippen molar-refractivity contribution >= 4 is 11.6 Å². The highest BCUT2D eigenvalue weighted by Crippen LogP contribution is 2.28. The van der Waals surface area contributed by atoms with Gasteiger partial charge in [0.1, 0.15) is 0 Å². The van der Waals surface area contributed by atoms with Crippen LogP contribution >= 0.6 is 0 Å². The molecule has 5 nitrogen and oxygen atoms in total. The van der Waals surface area contributed by atoms with Crippen LogP contribution in [-0.2, 0) is 0 Å². The monoisotopic (exact) mass is 291 g/mol. The Morgan fingerprint density at radius 2 is 2.10 bits per heavy atom. The highest BCUT2D eigenvalue weighted by molar-refractivity contribution is 5.98. The molecule has 0 spiro atoms. The van der Waals surface area contributed by atoms with E-state index in [1.165, 1.54) is 0 Å². The first-order valence-corrected chi connectivity index (χ1v) is 7.51. The number of piperidine rings is 1. The Hall–Kier alpha value is -1.75. The molecular weight excluding hydrogens is 266 g/mol. The van der Waals surface area contributed by atoms with E-state index in [1.807, 2.05) is 18.9 Å². The minimum Gasteiger partial charge on any atom is -0.491 e. The van der Waals surface area contributed by atoms with Crippen molar-refractivity contribution in [3.8, 4) is 5.75 Å². The van der Waals surface area contributed by atoms with E-state index in [4.69, 9.17) is 10.5 Å². The number of nitrogens with zero attached hydrogens (tertiary/aromatic N) is 2. The lowest BCUT2D eigenvalue weighted by molar-refractivity contribution is 0.0656. The Balaban J connectivity index is 2.17. The van der Waals surface area contributed by atoms with Crippen LogP contribution in [0.5, 0.6) is 5.75 Å². The number of carbonyl (C=O) groups is 1. The van der Waals surface area contributed by atoms with E-state index in [0.717, 1.165) is 25.9 Å². The number of amides is 1. The number of rotatable bonds is 4. The highest BCUT2D eigenvalue weighted by Gasteiger charge is 2.26. The Morgan fingerprint density at radius 3 is 2.71 bits per heavy atom. The van der Waals surface area contributed by atoms with Gasteiger partial charge in [0.15, 0.2) is 5.75 Å². The summed E-state index contributed by atoms with van der Waals surface area (Å²) in [5.74, 6) is 0.491. The fourth-order valence-corrected chi connectivity index (χ4v) is 2.77. The molecule has 1 saturated heterocycles. The summed E-state index contributed by atoms with van der Waals surface area (Å²) in [5, 5.41) is 0. The van der Waals surface area contributed by atoms with Crippen molar-refractivity contribution in [2.75, 3.05) is 39.5 Å². The molecule has 0 radical (unpaired) electrons. The summed E-state index contributed by atoms with van der Waals surface area (Å²) < 4.78 is 5.56. The molecule has 2 N–H and O–H groups in total. The summed E-state index contributed by atoms with van der Waals surface area (Å²) in [7, 11) is 3.99. The molecule has 116 valence electrons. The Kier molecular flexibility index (Phi) is 5.07. The van der Waals surface area contributed by atoms with Crippen LogP contribution in [0, 0.1) is 0 Å². The number of carbonyl (C=O) groups excluding carboxylic acids is 1. The van der Waals surface area contributed by atoms with E-state index in [9.17, 15) is 4.79 Å². The van der Waals surface area contributed by atoms with E-state index < -0.39 is 0 Å². The maximum Gasteiger partial charge on any atom is 0.257 e. The van der Waals surface area contributed by atoms with Crippen molar-refractivity contribution < 1.29 is 9.53 Å². The first-order valence-electron chi connectivity index (χ1n) is 7.51. The van der Waals surface area contributed by atoms with Gasteiger partial charge in [0.2, 0.25) is 0 Å². The van der Waals surface area contributed by atoms with Crippen molar-refractivity contribution in [3.63, 3.8) is 0 Å². The van der Waals surface area contributed by atoms with Gasteiger partial charge in [-0.1, -0.05) is 6.07 Å². The Labute approximate surface area is 126 Å². The first-order chi connectivity index (χ1) is 10.0. The molecule has 1 aromatic carbocycles. The summed E-state index contributed by atoms with van der Waals surface area (Å²) in [5.41, 5.74) is 7.01. The van der Waals surface area contributed by atoms with Gasteiger partial charge in [0.25, 0.3) is 5.91 Å². The topological polar surface area (TPSA) is 58.8 Å². The number of ether oxygens (including phenoxy) is 1. The molecule has 1 heterocycles. The predicted molar refractivity (Wildman–Crippen MR) is 84.6 cm³/mol. The van der Waals surface area contributed by atoms with Crippen LogP contribution < -0.4 is 10.5 Å². The average molecular weight is 291 g/mol. The van der Waals surface area contributed by atoms with Crippen LogP contribution in [0.2, 0.25) is 0 Å². The second-order valence-corrected chi connectivity index (χ2v) is 5.61. The average Bonchev–Trinajstić information content (AvgIpc) is 2.49. The van der Waals surface area contributed by atoms with E-state index >= 15 is 0 Å². The second kappa shape index (κ2) is 6.80. The summed E-state index contributed by atoms with van der Waals surface area (Å²) in [6, 6.07) is 5.63. The third kappa shape index (κ3) is 3.47. The predicted octanol–water partition coefficient (Wildman–Crippen LogP) is 1.83. The number of nitrogen functional groups attached to an aromatic ring is 1. The fraction of sp³-hybridized carbons (Fsp3) is 0.562. The molecule has 5 heteroatoms. The minimum atomic E-state index is -0.0136. The number of benzene rings is 1. The third-order valence-electron chi connectivity index (χ3n) is 4.12. The number of hydrogen-bond acceptors (Lipinski definition) is 4. The number of hydrogen-bond donors (Lipinski definition) is 1. The van der Waals surface area contributed by atoms with Crippen LogP contribution in [0.1, 0.15) is 30.1 Å². The van der Waals surface area contributed by atoms with Crippen LogP contribution in [-0.4, -0.2) is 55.5 Å². The maximum absolute atomic E-state index is 12.8. The third-order valence-corrected chi connectivity index (χ3v) is 4.12. The fourth-order valence-electron chi connectivity index (χ4n) is 2.77. The number of nitrogens with two attached hydrogens (primary N) is 1. The minimum absolute atomic E-state index is 0.0136. The molecule has 0 bridgehead atoms. The van der Waals surface area contributed by atoms with Crippen LogP contribution in [0.25, 0.3) is 0 Å². The van der Waals surface area contributed by atoms with Gasteiger partial charge in [0.05, 0.1) is 17.9 Å². The van der Waals surface area contributed by atoms with Crippen LogP contribution in [0.3, 0.4) is 0 Å². The molecule has 2 rings (SSSR count). The molecule has 1 fully saturated rings.